The van der Waals surface area contributed by atoms with Crippen molar-refractivity contribution < 1.29 is 0 Å². The summed E-state index contributed by atoms with van der Waals surface area (Å²) in [5.74, 6) is 0. The summed E-state index contributed by atoms with van der Waals surface area (Å²) < 4.78 is 3.93. The van der Waals surface area contributed by atoms with Crippen LogP contribution in [-0.4, -0.2) is 0 Å². The molecular formula is C19H17BrS. The van der Waals surface area contributed by atoms with Crippen LogP contribution in [0.1, 0.15) is 19.4 Å². The van der Waals surface area contributed by atoms with Gasteiger partial charge in [-0.05, 0) is 30.5 Å². The summed E-state index contributed by atoms with van der Waals surface area (Å²) in [6, 6.07) is 17.6. The maximum atomic E-state index is 3.71. The summed E-state index contributed by atoms with van der Waals surface area (Å²) in [5, 5.41) is 5.35. The van der Waals surface area contributed by atoms with E-state index in [2.05, 4.69) is 71.4 Å². The van der Waals surface area contributed by atoms with Crippen molar-refractivity contribution >= 4 is 58.2 Å². The van der Waals surface area contributed by atoms with Crippen LogP contribution in [-0.2, 0) is 0 Å². The third-order valence-electron chi connectivity index (χ3n) is 3.58. The van der Waals surface area contributed by atoms with Gasteiger partial charge in [-0.3, -0.25) is 0 Å². The lowest BCUT2D eigenvalue weighted by Gasteiger charge is -2.02. The predicted octanol–water partition coefficient (Wildman–Crippen LogP) is 7.30. The molecule has 0 unspecified atom stereocenters. The van der Waals surface area contributed by atoms with E-state index >= 15 is 0 Å². The molecular weight excluding hydrogens is 340 g/mol. The predicted molar refractivity (Wildman–Crippen MR) is 101 cm³/mol. The number of fused-ring (bicyclic) bond motifs is 5. The van der Waals surface area contributed by atoms with E-state index < -0.39 is 0 Å². The van der Waals surface area contributed by atoms with Gasteiger partial charge < -0.3 is 0 Å². The number of benzene rings is 3. The first kappa shape index (κ1) is 14.6. The van der Waals surface area contributed by atoms with E-state index in [-0.39, 0.29) is 0 Å². The van der Waals surface area contributed by atoms with Crippen LogP contribution in [0.4, 0.5) is 0 Å². The molecule has 0 saturated heterocycles. The fraction of sp³-hybridized carbons (Fsp3) is 0.158. The number of hydrogen-bond donors (Lipinski definition) is 0. The van der Waals surface area contributed by atoms with Gasteiger partial charge in [0.2, 0.25) is 0 Å². The van der Waals surface area contributed by atoms with Crippen molar-refractivity contribution in [2.45, 2.75) is 20.8 Å². The Labute approximate surface area is 137 Å². The number of thiophene rings is 1. The van der Waals surface area contributed by atoms with Crippen LogP contribution >= 0.6 is 27.3 Å². The molecule has 106 valence electrons. The fourth-order valence-corrected chi connectivity index (χ4v) is 4.44. The largest absolute Gasteiger partial charge is 0.135 e. The van der Waals surface area contributed by atoms with E-state index in [0.717, 1.165) is 0 Å². The van der Waals surface area contributed by atoms with E-state index in [4.69, 9.17) is 0 Å². The standard InChI is InChI=1S/C17H11BrS.C2H6/c1-10-6-7-16-13(8-10)14-9-15(18)11-4-2-3-5-12(11)17(14)19-16;1-2/h2-9H,1H3;1-2H3. The van der Waals surface area contributed by atoms with E-state index in [0.29, 0.717) is 0 Å². The maximum Gasteiger partial charge on any atom is 0.0434 e. The third kappa shape index (κ3) is 2.37. The molecule has 4 rings (SSSR count). The van der Waals surface area contributed by atoms with Gasteiger partial charge in [-0.2, -0.15) is 0 Å². The fourth-order valence-electron chi connectivity index (χ4n) is 2.67. The molecule has 0 spiro atoms. The molecule has 3 aromatic carbocycles. The minimum atomic E-state index is 1.18. The Hall–Kier alpha value is -1.38. The highest BCUT2D eigenvalue weighted by Gasteiger charge is 2.10. The molecule has 0 amide bonds. The average molecular weight is 357 g/mol. The molecule has 21 heavy (non-hydrogen) atoms. The van der Waals surface area contributed by atoms with Gasteiger partial charge in [0.15, 0.2) is 0 Å². The van der Waals surface area contributed by atoms with Gasteiger partial charge in [0.05, 0.1) is 0 Å². The highest BCUT2D eigenvalue weighted by molar-refractivity contribution is 9.10. The van der Waals surface area contributed by atoms with Crippen molar-refractivity contribution in [2.24, 2.45) is 0 Å². The lowest BCUT2D eigenvalue weighted by atomic mass is 10.1. The monoisotopic (exact) mass is 356 g/mol. The highest BCUT2D eigenvalue weighted by Crippen LogP contribution is 2.41. The molecule has 4 aromatic rings. The smallest absolute Gasteiger partial charge is 0.0434 e. The summed E-state index contributed by atoms with van der Waals surface area (Å²) in [7, 11) is 0. The minimum Gasteiger partial charge on any atom is -0.135 e. The zero-order valence-electron chi connectivity index (χ0n) is 12.4. The van der Waals surface area contributed by atoms with Gasteiger partial charge in [0, 0.05) is 30.0 Å². The summed E-state index contributed by atoms with van der Waals surface area (Å²) in [6.45, 7) is 6.15. The molecule has 0 nitrogen and oxygen atoms in total. The molecule has 0 N–H and O–H groups in total. The van der Waals surface area contributed by atoms with Crippen molar-refractivity contribution in [3.05, 3.63) is 58.6 Å². The summed E-state index contributed by atoms with van der Waals surface area (Å²) in [5.41, 5.74) is 1.32. The van der Waals surface area contributed by atoms with E-state index in [1.54, 1.807) is 0 Å². The van der Waals surface area contributed by atoms with E-state index in [1.807, 2.05) is 25.2 Å². The summed E-state index contributed by atoms with van der Waals surface area (Å²) >= 11 is 5.60. The second-order valence-electron chi connectivity index (χ2n) is 4.88. The topological polar surface area (TPSA) is 0 Å². The molecule has 1 heterocycles. The first-order chi connectivity index (χ1) is 10.2. The maximum absolute atomic E-state index is 3.71. The zero-order chi connectivity index (χ0) is 15.0. The third-order valence-corrected chi connectivity index (χ3v) is 5.46. The minimum absolute atomic E-state index is 1.18. The van der Waals surface area contributed by atoms with E-state index in [9.17, 15) is 0 Å². The Bertz CT molecular complexity index is 934. The molecule has 0 bridgehead atoms. The van der Waals surface area contributed by atoms with Crippen LogP contribution in [0.15, 0.2) is 53.0 Å². The number of aryl methyl sites for hydroxylation is 1. The lowest BCUT2D eigenvalue weighted by molar-refractivity contribution is 1.50. The Morgan fingerprint density at radius 3 is 2.29 bits per heavy atom. The Balaban J connectivity index is 0.000000636. The van der Waals surface area contributed by atoms with Crippen molar-refractivity contribution in [2.75, 3.05) is 0 Å². The zero-order valence-corrected chi connectivity index (χ0v) is 14.8. The van der Waals surface area contributed by atoms with Crippen molar-refractivity contribution in [3.63, 3.8) is 0 Å². The number of rotatable bonds is 0. The first-order valence-corrected chi connectivity index (χ1v) is 8.85. The molecule has 0 aliphatic heterocycles. The second kappa shape index (κ2) is 5.78. The number of halogens is 1. The van der Waals surface area contributed by atoms with Gasteiger partial charge in [-0.1, -0.05) is 65.7 Å². The lowest BCUT2D eigenvalue weighted by Crippen LogP contribution is -1.76. The molecule has 0 aliphatic carbocycles. The average Bonchev–Trinajstić information content (AvgIpc) is 2.88. The van der Waals surface area contributed by atoms with Gasteiger partial charge in [0.1, 0.15) is 0 Å². The normalized spacial score (nSPS) is 10.9. The van der Waals surface area contributed by atoms with E-state index in [1.165, 1.54) is 41.0 Å². The van der Waals surface area contributed by atoms with Crippen LogP contribution < -0.4 is 0 Å². The van der Waals surface area contributed by atoms with Crippen molar-refractivity contribution in [1.82, 2.24) is 0 Å². The summed E-state index contributed by atoms with van der Waals surface area (Å²) in [4.78, 5) is 0. The van der Waals surface area contributed by atoms with Crippen LogP contribution in [0.5, 0.6) is 0 Å². The molecule has 0 atom stereocenters. The molecule has 2 heteroatoms. The Morgan fingerprint density at radius 1 is 0.810 bits per heavy atom. The SMILES string of the molecule is CC.Cc1ccc2sc3c4ccccc4c(Br)cc3c2c1. The second-order valence-corrected chi connectivity index (χ2v) is 6.79. The van der Waals surface area contributed by atoms with Crippen molar-refractivity contribution in [3.8, 4) is 0 Å². The summed E-state index contributed by atoms with van der Waals surface area (Å²) in [6.07, 6.45) is 0. The van der Waals surface area contributed by atoms with Gasteiger partial charge in [-0.25, -0.2) is 0 Å². The van der Waals surface area contributed by atoms with Crippen LogP contribution in [0.3, 0.4) is 0 Å². The van der Waals surface area contributed by atoms with Crippen molar-refractivity contribution in [1.29, 1.82) is 0 Å². The first-order valence-electron chi connectivity index (χ1n) is 7.24. The van der Waals surface area contributed by atoms with Crippen LogP contribution in [0.2, 0.25) is 0 Å². The molecule has 0 radical (unpaired) electrons. The van der Waals surface area contributed by atoms with Gasteiger partial charge in [0.25, 0.3) is 0 Å². The molecule has 0 fully saturated rings. The quantitative estimate of drug-likeness (QED) is 0.310. The Morgan fingerprint density at radius 2 is 1.52 bits per heavy atom. The molecule has 0 aliphatic rings. The Kier molecular flexibility index (Phi) is 4.01. The van der Waals surface area contributed by atoms with Crippen LogP contribution in [0, 0.1) is 6.92 Å². The van der Waals surface area contributed by atoms with Gasteiger partial charge >= 0.3 is 0 Å². The molecule has 0 saturated carbocycles. The number of hydrogen-bond acceptors (Lipinski definition) is 1. The highest BCUT2D eigenvalue weighted by atomic mass is 79.9. The van der Waals surface area contributed by atoms with Gasteiger partial charge in [-0.15, -0.1) is 11.3 Å². The van der Waals surface area contributed by atoms with Crippen LogP contribution in [0.25, 0.3) is 30.9 Å². The molecule has 1 aromatic heterocycles.